The molecule has 10 heavy (non-hydrogen) atoms. The van der Waals surface area contributed by atoms with Crippen LogP contribution in [0.3, 0.4) is 0 Å². The van der Waals surface area contributed by atoms with Crippen molar-refractivity contribution in [1.82, 2.24) is 0 Å². The summed E-state index contributed by atoms with van der Waals surface area (Å²) in [5.74, 6) is 2.22. The third-order valence-corrected chi connectivity index (χ3v) is 1.98. The van der Waals surface area contributed by atoms with E-state index in [1.165, 1.54) is 19.1 Å². The normalized spacial score (nSPS) is 8.80. The number of aryl methyl sites for hydroxylation is 2. The first kappa shape index (κ1) is 11.2. The first-order valence-electron chi connectivity index (χ1n) is 2.73. The molecule has 0 radical (unpaired) electrons. The van der Waals surface area contributed by atoms with Gasteiger partial charge in [-0.05, 0) is 0 Å². The van der Waals surface area contributed by atoms with Crippen LogP contribution in [0.25, 0.3) is 0 Å². The van der Waals surface area contributed by atoms with Gasteiger partial charge < -0.3 is 0 Å². The Hall–Kier alpha value is 1.24. The van der Waals surface area contributed by atoms with Crippen molar-refractivity contribution in [3.8, 4) is 0 Å². The minimum absolute atomic E-state index is 0.826. The first-order chi connectivity index (χ1) is 4.70. The van der Waals surface area contributed by atoms with Crippen molar-refractivity contribution < 1.29 is 20.8 Å². The number of hydrogen-bond donors (Lipinski definition) is 0. The molecule has 1 rings (SSSR count). The molecule has 0 saturated carbocycles. The molecule has 0 spiro atoms. The second kappa shape index (κ2) is 6.92. The van der Waals surface area contributed by atoms with Crippen LogP contribution in [0.4, 0.5) is 0 Å². The van der Waals surface area contributed by atoms with Gasteiger partial charge in [-0.2, -0.15) is 17.4 Å². The van der Waals surface area contributed by atoms with Gasteiger partial charge in [0.2, 0.25) is 0 Å². The quantitative estimate of drug-likeness (QED) is 0.627. The minimum atomic E-state index is -0.826. The van der Waals surface area contributed by atoms with Gasteiger partial charge >= 0.3 is 37.9 Å². The number of rotatable bonds is 0. The molecule has 0 fully saturated rings. The average Bonchev–Trinajstić information content (AvgIpc) is 2.17. The average molecular weight is 273 g/mol. The summed E-state index contributed by atoms with van der Waals surface area (Å²) >= 11 is -0.826. The molecule has 1 aromatic rings. The Morgan fingerprint density at radius 3 is 2.20 bits per heavy atom. The molecule has 0 N–H and O–H groups in total. The van der Waals surface area contributed by atoms with Gasteiger partial charge in [0.15, 0.2) is 0 Å². The van der Waals surface area contributed by atoms with Crippen molar-refractivity contribution in [1.29, 1.82) is 0 Å². The standard InChI is InChI=1S/C6H8P.2ClH.Zr/c1-5-3-6(2)7-4-5;;;/h3-4H,1-2H3;2*1H;/q-1;;;+2/p-2. The summed E-state index contributed by atoms with van der Waals surface area (Å²) in [6.07, 6.45) is 0. The molecule has 56 valence electrons. The van der Waals surface area contributed by atoms with Crippen LogP contribution >= 0.6 is 25.2 Å². The zero-order valence-electron chi connectivity index (χ0n) is 5.86. The molecule has 1 heterocycles. The van der Waals surface area contributed by atoms with Gasteiger partial charge in [0, 0.05) is 0 Å². The second-order valence-corrected chi connectivity index (χ2v) is 6.81. The Morgan fingerprint density at radius 2 is 2.10 bits per heavy atom. The summed E-state index contributed by atoms with van der Waals surface area (Å²) in [5, 5.41) is 1.46. The second-order valence-electron chi connectivity index (χ2n) is 1.86. The fourth-order valence-corrected chi connectivity index (χ4v) is 1.37. The molecule has 0 aliphatic carbocycles. The molecular weight excluding hydrogens is 265 g/mol. The summed E-state index contributed by atoms with van der Waals surface area (Å²) < 4.78 is 0. The molecule has 0 amide bonds. The van der Waals surface area contributed by atoms with E-state index >= 15 is 0 Å². The maximum absolute atomic E-state index is 4.93. The summed E-state index contributed by atoms with van der Waals surface area (Å²) in [7, 11) is 11.3. The number of halogens is 2. The molecule has 0 atom stereocenters. The molecule has 0 aromatic carbocycles. The van der Waals surface area contributed by atoms with Crippen LogP contribution in [-0.4, -0.2) is 0 Å². The van der Waals surface area contributed by atoms with Gasteiger partial charge in [-0.15, -0.1) is 5.30 Å². The predicted octanol–water partition coefficient (Wildman–Crippen LogP) is 3.98. The summed E-state index contributed by atoms with van der Waals surface area (Å²) in [5.41, 5.74) is 1.40. The summed E-state index contributed by atoms with van der Waals surface area (Å²) in [6, 6.07) is 2.21. The molecule has 0 nitrogen and oxygen atoms in total. The van der Waals surface area contributed by atoms with Gasteiger partial charge in [-0.25, -0.2) is 8.19 Å². The van der Waals surface area contributed by atoms with Gasteiger partial charge in [0.25, 0.3) is 0 Å². The van der Waals surface area contributed by atoms with E-state index in [9.17, 15) is 0 Å². The topological polar surface area (TPSA) is 0 Å². The molecule has 1 aromatic heterocycles. The SMILES string of the molecule is Cc1cp[c-](C)c1.[Cl][Zr][Cl]. The van der Waals surface area contributed by atoms with Crippen LogP contribution in [0.2, 0.25) is 0 Å². The van der Waals surface area contributed by atoms with E-state index in [1.807, 2.05) is 0 Å². The molecule has 0 saturated heterocycles. The Labute approximate surface area is 82.1 Å². The Balaban J connectivity index is 0.000000236. The van der Waals surface area contributed by atoms with E-state index in [-0.39, 0.29) is 0 Å². The van der Waals surface area contributed by atoms with E-state index in [1.54, 1.807) is 0 Å². The Bertz CT molecular complexity index is 160. The molecule has 0 bridgehead atoms. The van der Waals surface area contributed by atoms with Crippen molar-refractivity contribution in [3.05, 3.63) is 22.7 Å². The van der Waals surface area contributed by atoms with E-state index in [4.69, 9.17) is 17.0 Å². The van der Waals surface area contributed by atoms with E-state index in [0.717, 1.165) is 0 Å². The van der Waals surface area contributed by atoms with E-state index < -0.39 is 20.8 Å². The zero-order valence-corrected chi connectivity index (χ0v) is 10.7. The molecule has 4 heteroatoms. The van der Waals surface area contributed by atoms with Gasteiger partial charge in [0.1, 0.15) is 0 Å². The summed E-state index contributed by atoms with van der Waals surface area (Å²) in [6.45, 7) is 4.28. The van der Waals surface area contributed by atoms with Crippen LogP contribution in [0.1, 0.15) is 10.9 Å². The van der Waals surface area contributed by atoms with Crippen molar-refractivity contribution in [2.75, 3.05) is 0 Å². The molecular formula is C6H8Cl2PZr-. The van der Waals surface area contributed by atoms with Gasteiger partial charge in [-0.1, -0.05) is 13.8 Å². The van der Waals surface area contributed by atoms with Crippen LogP contribution in [-0.2, 0) is 20.8 Å². The zero-order chi connectivity index (χ0) is 7.98. The third-order valence-electron chi connectivity index (χ3n) is 0.908. The first-order valence-corrected chi connectivity index (χ1v) is 10.0. The molecule has 0 aliphatic rings. The summed E-state index contributed by atoms with van der Waals surface area (Å²) in [4.78, 5) is 0. The Kier molecular flexibility index (Phi) is 7.78. The van der Waals surface area contributed by atoms with Crippen molar-refractivity contribution >= 4 is 25.2 Å². The fourth-order valence-electron chi connectivity index (χ4n) is 0.608. The van der Waals surface area contributed by atoms with Crippen LogP contribution in [0.5, 0.6) is 0 Å². The van der Waals surface area contributed by atoms with Crippen LogP contribution in [0, 0.1) is 13.8 Å². The monoisotopic (exact) mass is 271 g/mol. The van der Waals surface area contributed by atoms with Gasteiger partial charge in [0.05, 0.1) is 0 Å². The number of hydrogen-bond acceptors (Lipinski definition) is 0. The van der Waals surface area contributed by atoms with Crippen LogP contribution < -0.4 is 0 Å². The van der Waals surface area contributed by atoms with E-state index in [0.29, 0.717) is 0 Å². The maximum atomic E-state index is 4.93. The van der Waals surface area contributed by atoms with Gasteiger partial charge in [-0.3, -0.25) is 0 Å². The molecule has 0 unspecified atom stereocenters. The third kappa shape index (κ3) is 5.99. The van der Waals surface area contributed by atoms with Crippen molar-refractivity contribution in [2.24, 2.45) is 0 Å². The predicted molar refractivity (Wildman–Crippen MR) is 45.7 cm³/mol. The van der Waals surface area contributed by atoms with E-state index in [2.05, 4.69) is 25.7 Å². The fraction of sp³-hybridized carbons (Fsp3) is 0.333. The Morgan fingerprint density at radius 1 is 1.60 bits per heavy atom. The van der Waals surface area contributed by atoms with Crippen LogP contribution in [0.15, 0.2) is 11.9 Å². The van der Waals surface area contributed by atoms with Crippen molar-refractivity contribution in [3.63, 3.8) is 0 Å². The molecule has 0 aliphatic heterocycles. The van der Waals surface area contributed by atoms with Crippen molar-refractivity contribution in [2.45, 2.75) is 13.8 Å².